The number of aliphatic hydroxyl groups is 2. The lowest BCUT2D eigenvalue weighted by molar-refractivity contribution is -0.0891. The highest BCUT2D eigenvalue weighted by atomic mass is 16.3. The van der Waals surface area contributed by atoms with Crippen LogP contribution in [0.2, 0.25) is 0 Å². The van der Waals surface area contributed by atoms with Crippen LogP contribution in [0.4, 0.5) is 0 Å². The van der Waals surface area contributed by atoms with Gasteiger partial charge in [-0.2, -0.15) is 0 Å². The zero-order chi connectivity index (χ0) is 8.48. The molecule has 0 saturated heterocycles. The molecule has 0 spiro atoms. The molecule has 0 aliphatic heterocycles. The summed E-state index contributed by atoms with van der Waals surface area (Å²) in [5.41, 5.74) is -0.818. The van der Waals surface area contributed by atoms with E-state index in [0.29, 0.717) is 18.8 Å². The molecule has 0 aromatic rings. The zero-order valence-corrected chi connectivity index (χ0v) is 7.38. The van der Waals surface area contributed by atoms with Crippen molar-refractivity contribution in [2.45, 2.75) is 51.2 Å². The number of aliphatic hydroxyl groups excluding tert-OH is 1. The van der Waals surface area contributed by atoms with E-state index in [-0.39, 0.29) is 0 Å². The lowest BCUT2D eigenvalue weighted by Crippen LogP contribution is -2.42. The maximum atomic E-state index is 9.86. The molecule has 1 atom stereocenters. The summed E-state index contributed by atoms with van der Waals surface area (Å²) < 4.78 is 0. The molecule has 11 heavy (non-hydrogen) atoms. The van der Waals surface area contributed by atoms with Gasteiger partial charge in [0.15, 0.2) is 0 Å². The minimum Gasteiger partial charge on any atom is -0.390 e. The molecule has 2 nitrogen and oxygen atoms in total. The lowest BCUT2D eigenvalue weighted by Gasteiger charge is -2.30. The molecule has 1 aliphatic rings. The number of rotatable bonds is 4. The molecular weight excluding hydrogens is 140 g/mol. The van der Waals surface area contributed by atoms with Crippen LogP contribution in [0.3, 0.4) is 0 Å². The van der Waals surface area contributed by atoms with Crippen LogP contribution in [0.5, 0.6) is 0 Å². The molecule has 0 heterocycles. The standard InChI is InChI=1S/C9H18O2/c1-3-9(11,4-2)8(10)7-5-6-7/h7-8,10-11H,3-6H2,1-2H3. The van der Waals surface area contributed by atoms with Gasteiger partial charge in [-0.05, 0) is 31.6 Å². The summed E-state index contributed by atoms with van der Waals surface area (Å²) in [7, 11) is 0. The van der Waals surface area contributed by atoms with E-state index < -0.39 is 11.7 Å². The van der Waals surface area contributed by atoms with Gasteiger partial charge in [-0.25, -0.2) is 0 Å². The van der Waals surface area contributed by atoms with Gasteiger partial charge >= 0.3 is 0 Å². The van der Waals surface area contributed by atoms with Gasteiger partial charge in [0.25, 0.3) is 0 Å². The highest BCUT2D eigenvalue weighted by Gasteiger charge is 2.42. The Kier molecular flexibility index (Phi) is 2.55. The van der Waals surface area contributed by atoms with Gasteiger partial charge in [0, 0.05) is 0 Å². The SMILES string of the molecule is CCC(O)(CC)C(O)C1CC1. The van der Waals surface area contributed by atoms with Gasteiger partial charge in [-0.1, -0.05) is 13.8 Å². The van der Waals surface area contributed by atoms with E-state index >= 15 is 0 Å². The van der Waals surface area contributed by atoms with E-state index in [1.807, 2.05) is 13.8 Å². The fourth-order valence-electron chi connectivity index (χ4n) is 1.52. The van der Waals surface area contributed by atoms with Crippen molar-refractivity contribution >= 4 is 0 Å². The van der Waals surface area contributed by atoms with Gasteiger partial charge in [-0.15, -0.1) is 0 Å². The summed E-state index contributed by atoms with van der Waals surface area (Å²) in [6.45, 7) is 3.85. The Hall–Kier alpha value is -0.0800. The van der Waals surface area contributed by atoms with Crippen molar-refractivity contribution < 1.29 is 10.2 Å². The fourth-order valence-corrected chi connectivity index (χ4v) is 1.52. The number of hydrogen-bond donors (Lipinski definition) is 2. The van der Waals surface area contributed by atoms with Crippen LogP contribution in [0.1, 0.15) is 39.5 Å². The van der Waals surface area contributed by atoms with Crippen LogP contribution in [0.15, 0.2) is 0 Å². The molecule has 1 saturated carbocycles. The third kappa shape index (κ3) is 1.74. The Bertz CT molecular complexity index is 126. The first kappa shape index (κ1) is 9.01. The van der Waals surface area contributed by atoms with Gasteiger partial charge < -0.3 is 10.2 Å². The Balaban J connectivity index is 2.51. The van der Waals surface area contributed by atoms with E-state index in [0.717, 1.165) is 12.8 Å². The maximum absolute atomic E-state index is 9.86. The first-order valence-electron chi connectivity index (χ1n) is 4.54. The van der Waals surface area contributed by atoms with E-state index in [4.69, 9.17) is 0 Å². The average molecular weight is 158 g/mol. The number of hydrogen-bond acceptors (Lipinski definition) is 2. The second-order valence-electron chi connectivity index (χ2n) is 3.59. The summed E-state index contributed by atoms with van der Waals surface area (Å²) in [5, 5.41) is 19.5. The molecule has 1 aliphatic carbocycles. The highest BCUT2D eigenvalue weighted by Crippen LogP contribution is 2.39. The first-order valence-corrected chi connectivity index (χ1v) is 4.54. The molecule has 0 aromatic carbocycles. The molecule has 0 aromatic heterocycles. The molecule has 2 heteroatoms. The predicted molar refractivity (Wildman–Crippen MR) is 44.3 cm³/mol. The largest absolute Gasteiger partial charge is 0.390 e. The third-order valence-corrected chi connectivity index (χ3v) is 2.84. The lowest BCUT2D eigenvalue weighted by atomic mass is 9.88. The fraction of sp³-hybridized carbons (Fsp3) is 1.00. The van der Waals surface area contributed by atoms with Gasteiger partial charge in [0.1, 0.15) is 0 Å². The van der Waals surface area contributed by atoms with Crippen molar-refractivity contribution in [1.29, 1.82) is 0 Å². The van der Waals surface area contributed by atoms with Crippen LogP contribution in [-0.4, -0.2) is 21.9 Å². The first-order chi connectivity index (χ1) is 5.14. The normalized spacial score (nSPS) is 21.8. The van der Waals surface area contributed by atoms with E-state index in [2.05, 4.69) is 0 Å². The van der Waals surface area contributed by atoms with E-state index in [9.17, 15) is 10.2 Å². The van der Waals surface area contributed by atoms with Crippen molar-refractivity contribution in [3.05, 3.63) is 0 Å². The van der Waals surface area contributed by atoms with Gasteiger partial charge in [0.2, 0.25) is 0 Å². The Morgan fingerprint density at radius 2 is 1.82 bits per heavy atom. The summed E-state index contributed by atoms with van der Waals surface area (Å²) in [6.07, 6.45) is 2.99. The average Bonchev–Trinajstić information content (AvgIpc) is 2.84. The monoisotopic (exact) mass is 158 g/mol. The van der Waals surface area contributed by atoms with Crippen LogP contribution in [0.25, 0.3) is 0 Å². The van der Waals surface area contributed by atoms with Crippen LogP contribution in [0, 0.1) is 5.92 Å². The van der Waals surface area contributed by atoms with Crippen LogP contribution >= 0.6 is 0 Å². The molecule has 1 rings (SSSR count). The van der Waals surface area contributed by atoms with Crippen molar-refractivity contribution in [2.75, 3.05) is 0 Å². The van der Waals surface area contributed by atoms with Crippen molar-refractivity contribution in [3.63, 3.8) is 0 Å². The molecule has 0 amide bonds. The Morgan fingerprint density at radius 3 is 2.09 bits per heavy atom. The van der Waals surface area contributed by atoms with Crippen LogP contribution < -0.4 is 0 Å². The second-order valence-corrected chi connectivity index (χ2v) is 3.59. The molecule has 1 unspecified atom stereocenters. The van der Waals surface area contributed by atoms with Crippen molar-refractivity contribution in [2.24, 2.45) is 5.92 Å². The van der Waals surface area contributed by atoms with Gasteiger partial charge in [-0.3, -0.25) is 0 Å². The zero-order valence-electron chi connectivity index (χ0n) is 7.38. The molecule has 0 bridgehead atoms. The quantitative estimate of drug-likeness (QED) is 0.647. The summed E-state index contributed by atoms with van der Waals surface area (Å²) in [6, 6.07) is 0. The molecule has 0 radical (unpaired) electrons. The van der Waals surface area contributed by atoms with Crippen molar-refractivity contribution in [1.82, 2.24) is 0 Å². The maximum Gasteiger partial charge on any atom is 0.0902 e. The summed E-state index contributed by atoms with van der Waals surface area (Å²) in [5.74, 6) is 0.375. The predicted octanol–water partition coefficient (Wildman–Crippen LogP) is 1.31. The topological polar surface area (TPSA) is 40.5 Å². The van der Waals surface area contributed by atoms with E-state index in [1.165, 1.54) is 0 Å². The molecular formula is C9H18O2. The second kappa shape index (κ2) is 3.11. The van der Waals surface area contributed by atoms with Crippen LogP contribution in [-0.2, 0) is 0 Å². The van der Waals surface area contributed by atoms with Crippen molar-refractivity contribution in [3.8, 4) is 0 Å². The Morgan fingerprint density at radius 1 is 1.36 bits per heavy atom. The molecule has 2 N–H and O–H groups in total. The molecule has 1 fully saturated rings. The smallest absolute Gasteiger partial charge is 0.0902 e. The highest BCUT2D eigenvalue weighted by molar-refractivity contribution is 4.93. The summed E-state index contributed by atoms with van der Waals surface area (Å²) >= 11 is 0. The molecule has 66 valence electrons. The van der Waals surface area contributed by atoms with Gasteiger partial charge in [0.05, 0.1) is 11.7 Å². The summed E-state index contributed by atoms with van der Waals surface area (Å²) in [4.78, 5) is 0. The third-order valence-electron chi connectivity index (χ3n) is 2.84. The Labute approximate surface area is 68.2 Å². The van der Waals surface area contributed by atoms with E-state index in [1.54, 1.807) is 0 Å². The minimum atomic E-state index is -0.818. The minimum absolute atomic E-state index is 0.375.